The number of nitrogens with zero attached hydrogens (tertiary/aromatic N) is 2. The SMILES string of the molecule is CCN(CC)C(=O)C1CC(N)CN1C(=O)COc1ccc(OC)cc1. The molecule has 7 heteroatoms. The van der Waals surface area contributed by atoms with Crippen molar-refractivity contribution in [2.45, 2.75) is 32.4 Å². The van der Waals surface area contributed by atoms with E-state index in [2.05, 4.69) is 0 Å². The standard InChI is InChI=1S/C18H27N3O4/c1-4-20(5-2)18(23)16-10-13(19)11-21(16)17(22)12-25-15-8-6-14(24-3)7-9-15/h6-9,13,16H,4-5,10-12,19H2,1-3H3. The smallest absolute Gasteiger partial charge is 0.261 e. The lowest BCUT2D eigenvalue weighted by molar-refractivity contribution is -0.144. The van der Waals surface area contributed by atoms with Gasteiger partial charge in [0, 0.05) is 25.7 Å². The molecule has 7 nitrogen and oxygen atoms in total. The number of likely N-dealkylation sites (N-methyl/N-ethyl adjacent to an activating group) is 1. The monoisotopic (exact) mass is 349 g/mol. The van der Waals surface area contributed by atoms with Gasteiger partial charge in [0.1, 0.15) is 17.5 Å². The maximum Gasteiger partial charge on any atom is 0.261 e. The molecule has 2 N–H and O–H groups in total. The maximum atomic E-state index is 12.6. The van der Waals surface area contributed by atoms with E-state index < -0.39 is 6.04 Å². The quantitative estimate of drug-likeness (QED) is 0.789. The number of hydrogen-bond donors (Lipinski definition) is 1. The second-order valence-electron chi connectivity index (χ2n) is 6.03. The van der Waals surface area contributed by atoms with Crippen molar-refractivity contribution in [3.05, 3.63) is 24.3 Å². The highest BCUT2D eigenvalue weighted by Crippen LogP contribution is 2.21. The average Bonchev–Trinajstić information content (AvgIpc) is 3.03. The lowest BCUT2D eigenvalue weighted by atomic mass is 10.1. The Bertz CT molecular complexity index is 586. The number of methoxy groups -OCH3 is 1. The van der Waals surface area contributed by atoms with E-state index in [0.29, 0.717) is 37.6 Å². The second-order valence-corrected chi connectivity index (χ2v) is 6.03. The van der Waals surface area contributed by atoms with Gasteiger partial charge < -0.3 is 25.0 Å². The molecule has 138 valence electrons. The molecule has 1 aliphatic heterocycles. The number of carbonyl (C=O) groups excluding carboxylic acids is 2. The summed E-state index contributed by atoms with van der Waals surface area (Å²) in [5.41, 5.74) is 5.99. The van der Waals surface area contributed by atoms with Crippen molar-refractivity contribution < 1.29 is 19.1 Å². The van der Waals surface area contributed by atoms with Gasteiger partial charge in [0.2, 0.25) is 5.91 Å². The molecule has 2 unspecified atom stereocenters. The first-order valence-corrected chi connectivity index (χ1v) is 8.60. The van der Waals surface area contributed by atoms with Crippen LogP contribution >= 0.6 is 0 Å². The molecule has 0 radical (unpaired) electrons. The topological polar surface area (TPSA) is 85.1 Å². The molecule has 1 heterocycles. The summed E-state index contributed by atoms with van der Waals surface area (Å²) in [5, 5.41) is 0. The van der Waals surface area contributed by atoms with Crippen molar-refractivity contribution >= 4 is 11.8 Å². The summed E-state index contributed by atoms with van der Waals surface area (Å²) in [6.45, 7) is 5.34. The van der Waals surface area contributed by atoms with Gasteiger partial charge in [-0.2, -0.15) is 0 Å². The van der Waals surface area contributed by atoms with Crippen molar-refractivity contribution in [3.8, 4) is 11.5 Å². The molecule has 1 aromatic rings. The molecule has 1 aliphatic rings. The number of likely N-dealkylation sites (tertiary alicyclic amines) is 1. The van der Waals surface area contributed by atoms with E-state index in [1.165, 1.54) is 0 Å². The first-order chi connectivity index (χ1) is 12.0. The van der Waals surface area contributed by atoms with E-state index in [-0.39, 0.29) is 24.5 Å². The third kappa shape index (κ3) is 4.63. The fourth-order valence-electron chi connectivity index (χ4n) is 3.02. The zero-order chi connectivity index (χ0) is 18.4. The third-order valence-electron chi connectivity index (χ3n) is 4.44. The van der Waals surface area contributed by atoms with Gasteiger partial charge in [-0.25, -0.2) is 0 Å². The summed E-state index contributed by atoms with van der Waals surface area (Å²) in [4.78, 5) is 28.5. The minimum absolute atomic E-state index is 0.0456. The molecular weight excluding hydrogens is 322 g/mol. The van der Waals surface area contributed by atoms with Crippen LogP contribution in [0.5, 0.6) is 11.5 Å². The van der Waals surface area contributed by atoms with Gasteiger partial charge in [-0.05, 0) is 44.5 Å². The Morgan fingerprint density at radius 1 is 1.20 bits per heavy atom. The summed E-state index contributed by atoms with van der Waals surface area (Å²) < 4.78 is 10.6. The van der Waals surface area contributed by atoms with Crippen LogP contribution in [0.2, 0.25) is 0 Å². The maximum absolute atomic E-state index is 12.6. The molecule has 0 aliphatic carbocycles. The molecule has 1 fully saturated rings. The Kier molecular flexibility index (Phi) is 6.64. The van der Waals surface area contributed by atoms with Crippen LogP contribution in [0.4, 0.5) is 0 Å². The molecule has 2 rings (SSSR count). The molecule has 2 atom stereocenters. The molecule has 0 bridgehead atoms. The minimum atomic E-state index is -0.498. The highest BCUT2D eigenvalue weighted by Gasteiger charge is 2.39. The molecule has 1 aromatic carbocycles. The molecule has 0 aromatic heterocycles. The Morgan fingerprint density at radius 2 is 1.80 bits per heavy atom. The van der Waals surface area contributed by atoms with Crippen LogP contribution in [-0.2, 0) is 9.59 Å². The molecule has 0 spiro atoms. The molecule has 25 heavy (non-hydrogen) atoms. The Balaban J connectivity index is 1.99. The van der Waals surface area contributed by atoms with Crippen molar-refractivity contribution in [3.63, 3.8) is 0 Å². The van der Waals surface area contributed by atoms with E-state index in [9.17, 15) is 9.59 Å². The fraction of sp³-hybridized carbons (Fsp3) is 0.556. The first kappa shape index (κ1) is 19.1. The summed E-state index contributed by atoms with van der Waals surface area (Å²) >= 11 is 0. The fourth-order valence-corrected chi connectivity index (χ4v) is 3.02. The molecule has 1 saturated heterocycles. The van der Waals surface area contributed by atoms with Crippen molar-refractivity contribution in [1.29, 1.82) is 0 Å². The molecular formula is C18H27N3O4. The zero-order valence-electron chi connectivity index (χ0n) is 15.1. The normalized spacial score (nSPS) is 19.6. The predicted octanol–water partition coefficient (Wildman–Crippen LogP) is 0.871. The number of rotatable bonds is 7. The Labute approximate surface area is 148 Å². The van der Waals surface area contributed by atoms with Gasteiger partial charge in [-0.1, -0.05) is 0 Å². The zero-order valence-corrected chi connectivity index (χ0v) is 15.1. The van der Waals surface area contributed by atoms with Crippen LogP contribution in [0.3, 0.4) is 0 Å². The van der Waals surface area contributed by atoms with Crippen LogP contribution in [0.15, 0.2) is 24.3 Å². The number of benzene rings is 1. The average molecular weight is 349 g/mol. The van der Waals surface area contributed by atoms with Gasteiger partial charge in [0.25, 0.3) is 5.91 Å². The number of carbonyl (C=O) groups is 2. The minimum Gasteiger partial charge on any atom is -0.497 e. The number of ether oxygens (including phenoxy) is 2. The summed E-state index contributed by atoms with van der Waals surface area (Å²) in [6.07, 6.45) is 0.490. The van der Waals surface area contributed by atoms with E-state index in [1.54, 1.807) is 41.2 Å². The van der Waals surface area contributed by atoms with Gasteiger partial charge in [-0.3, -0.25) is 9.59 Å². The Hall–Kier alpha value is -2.28. The Morgan fingerprint density at radius 3 is 2.36 bits per heavy atom. The number of nitrogens with two attached hydrogens (primary N) is 1. The highest BCUT2D eigenvalue weighted by atomic mass is 16.5. The van der Waals surface area contributed by atoms with Gasteiger partial charge in [0.15, 0.2) is 6.61 Å². The van der Waals surface area contributed by atoms with Crippen molar-refractivity contribution in [2.24, 2.45) is 5.73 Å². The first-order valence-electron chi connectivity index (χ1n) is 8.60. The second kappa shape index (κ2) is 8.71. The third-order valence-corrected chi connectivity index (χ3v) is 4.44. The van der Waals surface area contributed by atoms with Crippen LogP contribution in [0, 0.1) is 0 Å². The number of hydrogen-bond acceptors (Lipinski definition) is 5. The molecule has 0 saturated carbocycles. The van der Waals surface area contributed by atoms with E-state index in [1.807, 2.05) is 13.8 Å². The summed E-state index contributed by atoms with van der Waals surface area (Å²) in [6, 6.07) is 6.31. The van der Waals surface area contributed by atoms with Gasteiger partial charge >= 0.3 is 0 Å². The van der Waals surface area contributed by atoms with Crippen LogP contribution in [0.25, 0.3) is 0 Å². The summed E-state index contributed by atoms with van der Waals surface area (Å²) in [5.74, 6) is 1.02. The van der Waals surface area contributed by atoms with Crippen LogP contribution in [0.1, 0.15) is 20.3 Å². The summed E-state index contributed by atoms with van der Waals surface area (Å²) in [7, 11) is 1.59. The van der Waals surface area contributed by atoms with Gasteiger partial charge in [-0.15, -0.1) is 0 Å². The highest BCUT2D eigenvalue weighted by molar-refractivity contribution is 5.89. The molecule has 2 amide bonds. The van der Waals surface area contributed by atoms with Crippen molar-refractivity contribution in [1.82, 2.24) is 9.80 Å². The van der Waals surface area contributed by atoms with Crippen LogP contribution in [-0.4, -0.2) is 67.0 Å². The van der Waals surface area contributed by atoms with Crippen LogP contribution < -0.4 is 15.2 Å². The number of amides is 2. The van der Waals surface area contributed by atoms with E-state index in [4.69, 9.17) is 15.2 Å². The predicted molar refractivity (Wildman–Crippen MR) is 94.5 cm³/mol. The largest absolute Gasteiger partial charge is 0.497 e. The lowest BCUT2D eigenvalue weighted by Crippen LogP contribution is -2.48. The van der Waals surface area contributed by atoms with E-state index in [0.717, 1.165) is 0 Å². The van der Waals surface area contributed by atoms with Gasteiger partial charge in [0.05, 0.1) is 7.11 Å². The van der Waals surface area contributed by atoms with Crippen molar-refractivity contribution in [2.75, 3.05) is 33.4 Å². The lowest BCUT2D eigenvalue weighted by Gasteiger charge is -2.28. The van der Waals surface area contributed by atoms with E-state index >= 15 is 0 Å².